The van der Waals surface area contributed by atoms with Gasteiger partial charge in [-0.05, 0) is 5.56 Å². The Morgan fingerprint density at radius 1 is 1.28 bits per heavy atom. The highest BCUT2D eigenvalue weighted by Gasteiger charge is 2.36. The summed E-state index contributed by atoms with van der Waals surface area (Å²) in [4.78, 5) is 11.2. The summed E-state index contributed by atoms with van der Waals surface area (Å²) in [6.07, 6.45) is -1.04. The highest BCUT2D eigenvalue weighted by Crippen LogP contribution is 2.33. The van der Waals surface area contributed by atoms with Crippen molar-refractivity contribution in [3.05, 3.63) is 35.9 Å². The molecule has 6 heteroatoms. The van der Waals surface area contributed by atoms with Gasteiger partial charge in [-0.25, -0.2) is 0 Å². The first-order valence-corrected chi connectivity index (χ1v) is 6.48. The molecule has 0 heterocycles. The molecule has 0 N–H and O–H groups in total. The summed E-state index contributed by atoms with van der Waals surface area (Å²) in [5.41, 5.74) is 0.893. The van der Waals surface area contributed by atoms with Crippen molar-refractivity contribution in [1.29, 1.82) is 0 Å². The van der Waals surface area contributed by atoms with Crippen molar-refractivity contribution in [3.63, 3.8) is 0 Å². The van der Waals surface area contributed by atoms with Gasteiger partial charge in [0.05, 0.1) is 6.61 Å². The van der Waals surface area contributed by atoms with Gasteiger partial charge in [-0.3, -0.25) is 4.79 Å². The third-order valence-electron chi connectivity index (χ3n) is 2.04. The number of ether oxygens (including phenoxy) is 2. The lowest BCUT2D eigenvalue weighted by atomic mass is 10.2. The number of hydrogen-bond acceptors (Lipinski definition) is 3. The molecule has 0 fully saturated rings. The van der Waals surface area contributed by atoms with E-state index in [1.807, 2.05) is 30.3 Å². The van der Waals surface area contributed by atoms with Crippen molar-refractivity contribution in [1.82, 2.24) is 0 Å². The number of carbonyl (C=O) groups excluding carboxylic acids is 1. The van der Waals surface area contributed by atoms with Gasteiger partial charge in [0.2, 0.25) is 0 Å². The number of benzene rings is 1. The van der Waals surface area contributed by atoms with Crippen LogP contribution in [0.25, 0.3) is 0 Å². The fourth-order valence-electron chi connectivity index (χ4n) is 1.14. The van der Waals surface area contributed by atoms with Gasteiger partial charge in [-0.2, -0.15) is 0 Å². The van der Waals surface area contributed by atoms with E-state index in [1.165, 1.54) is 0 Å². The summed E-state index contributed by atoms with van der Waals surface area (Å²) in [5, 5.41) is 0. The van der Waals surface area contributed by atoms with E-state index in [-0.39, 0.29) is 13.0 Å². The van der Waals surface area contributed by atoms with Crippen LogP contribution in [-0.4, -0.2) is 16.1 Å². The summed E-state index contributed by atoms with van der Waals surface area (Å²) in [6.45, 7) is 1.84. The Morgan fingerprint density at radius 3 is 2.39 bits per heavy atom. The number of alkyl halides is 3. The molecular weight excluding hydrogens is 298 g/mol. The number of rotatable bonds is 5. The Labute approximate surface area is 121 Å². The zero-order valence-corrected chi connectivity index (χ0v) is 12.0. The minimum Gasteiger partial charge on any atom is -0.431 e. The van der Waals surface area contributed by atoms with Crippen LogP contribution >= 0.6 is 34.8 Å². The summed E-state index contributed by atoms with van der Waals surface area (Å²) in [7, 11) is 0. The molecule has 3 nitrogen and oxygen atoms in total. The lowest BCUT2D eigenvalue weighted by molar-refractivity contribution is -0.180. The van der Waals surface area contributed by atoms with E-state index in [2.05, 4.69) is 0 Å². The summed E-state index contributed by atoms with van der Waals surface area (Å²) in [5.74, 6) is -0.487. The van der Waals surface area contributed by atoms with Gasteiger partial charge in [-0.15, -0.1) is 0 Å². The summed E-state index contributed by atoms with van der Waals surface area (Å²) < 4.78 is 8.44. The number of esters is 1. The first-order valence-electron chi connectivity index (χ1n) is 5.35. The van der Waals surface area contributed by atoms with E-state index in [4.69, 9.17) is 44.3 Å². The first kappa shape index (κ1) is 15.6. The highest BCUT2D eigenvalue weighted by molar-refractivity contribution is 6.68. The van der Waals surface area contributed by atoms with Crippen LogP contribution in [0.15, 0.2) is 30.3 Å². The van der Waals surface area contributed by atoms with Crippen molar-refractivity contribution in [2.24, 2.45) is 0 Å². The zero-order chi connectivity index (χ0) is 13.6. The molecule has 18 heavy (non-hydrogen) atoms. The van der Waals surface area contributed by atoms with Gasteiger partial charge in [0.1, 0.15) is 0 Å². The van der Waals surface area contributed by atoms with Crippen LogP contribution in [0.4, 0.5) is 0 Å². The van der Waals surface area contributed by atoms with Crippen LogP contribution in [-0.2, 0) is 20.9 Å². The zero-order valence-electron chi connectivity index (χ0n) is 9.74. The topological polar surface area (TPSA) is 35.5 Å². The predicted molar refractivity (Wildman–Crippen MR) is 71.7 cm³/mol. The van der Waals surface area contributed by atoms with Crippen molar-refractivity contribution >= 4 is 40.8 Å². The first-order chi connectivity index (χ1) is 8.43. The lowest BCUT2D eigenvalue weighted by Crippen LogP contribution is -2.33. The molecule has 0 saturated heterocycles. The molecular formula is C12H13Cl3O3. The van der Waals surface area contributed by atoms with E-state index < -0.39 is 16.1 Å². The molecule has 100 valence electrons. The maximum atomic E-state index is 11.2. The Morgan fingerprint density at radius 2 is 1.89 bits per heavy atom. The molecule has 1 aromatic rings. The SMILES string of the molecule is CCC(=O)OC(OCc1ccccc1)C(Cl)(Cl)Cl. The average molecular weight is 312 g/mol. The molecule has 1 aromatic carbocycles. The minimum atomic E-state index is -1.82. The lowest BCUT2D eigenvalue weighted by Gasteiger charge is -2.24. The second-order valence-electron chi connectivity index (χ2n) is 3.51. The number of carbonyl (C=O) groups is 1. The molecule has 0 aliphatic carbocycles. The van der Waals surface area contributed by atoms with Gasteiger partial charge < -0.3 is 9.47 Å². The fourth-order valence-corrected chi connectivity index (χ4v) is 1.47. The second-order valence-corrected chi connectivity index (χ2v) is 5.88. The maximum absolute atomic E-state index is 11.2. The third-order valence-corrected chi connectivity index (χ3v) is 2.57. The van der Waals surface area contributed by atoms with E-state index in [1.54, 1.807) is 6.92 Å². The predicted octanol–water partition coefficient (Wildman–Crippen LogP) is 3.85. The van der Waals surface area contributed by atoms with Crippen LogP contribution in [0.2, 0.25) is 0 Å². The Bertz CT molecular complexity index is 376. The van der Waals surface area contributed by atoms with Crippen LogP contribution in [0.3, 0.4) is 0 Å². The summed E-state index contributed by atoms with van der Waals surface area (Å²) in [6, 6.07) is 9.32. The number of halogens is 3. The molecule has 1 unspecified atom stereocenters. The van der Waals surface area contributed by atoms with E-state index in [9.17, 15) is 4.79 Å². The Kier molecular flexibility index (Phi) is 6.22. The molecule has 0 aliphatic heterocycles. The Hall–Kier alpha value is -0.480. The van der Waals surface area contributed by atoms with Crippen LogP contribution in [0.5, 0.6) is 0 Å². The molecule has 0 radical (unpaired) electrons. The van der Waals surface area contributed by atoms with Crippen LogP contribution < -0.4 is 0 Å². The van der Waals surface area contributed by atoms with Crippen molar-refractivity contribution in [3.8, 4) is 0 Å². The third kappa shape index (κ3) is 5.44. The molecule has 1 atom stereocenters. The molecule has 0 saturated carbocycles. The molecule has 0 spiro atoms. The van der Waals surface area contributed by atoms with Gasteiger partial charge in [0.15, 0.2) is 0 Å². The van der Waals surface area contributed by atoms with Crippen molar-refractivity contribution in [2.75, 3.05) is 0 Å². The Balaban J connectivity index is 2.59. The van der Waals surface area contributed by atoms with Crippen LogP contribution in [0.1, 0.15) is 18.9 Å². The van der Waals surface area contributed by atoms with Crippen molar-refractivity contribution in [2.45, 2.75) is 30.0 Å². The molecule has 0 bridgehead atoms. The molecule has 0 aromatic heterocycles. The quantitative estimate of drug-likeness (QED) is 0.471. The minimum absolute atomic E-state index is 0.186. The van der Waals surface area contributed by atoms with E-state index in [0.717, 1.165) is 5.56 Å². The van der Waals surface area contributed by atoms with Gasteiger partial charge in [-0.1, -0.05) is 72.1 Å². The molecule has 0 amide bonds. The molecule has 0 aliphatic rings. The normalized spacial score (nSPS) is 13.1. The second kappa shape index (κ2) is 7.19. The highest BCUT2D eigenvalue weighted by atomic mass is 35.6. The van der Waals surface area contributed by atoms with E-state index in [0.29, 0.717) is 0 Å². The van der Waals surface area contributed by atoms with Gasteiger partial charge in [0.25, 0.3) is 10.1 Å². The monoisotopic (exact) mass is 310 g/mol. The summed E-state index contributed by atoms with van der Waals surface area (Å²) >= 11 is 17.1. The largest absolute Gasteiger partial charge is 0.431 e. The average Bonchev–Trinajstić information content (AvgIpc) is 2.34. The van der Waals surface area contributed by atoms with Gasteiger partial charge in [0, 0.05) is 6.42 Å². The standard InChI is InChI=1S/C12H13Cl3O3/c1-2-10(16)18-11(12(13,14)15)17-8-9-6-4-3-5-7-9/h3-7,11H,2,8H2,1H3. The maximum Gasteiger partial charge on any atom is 0.307 e. The number of hydrogen-bond donors (Lipinski definition) is 0. The smallest absolute Gasteiger partial charge is 0.307 e. The fraction of sp³-hybridized carbons (Fsp3) is 0.417. The van der Waals surface area contributed by atoms with E-state index >= 15 is 0 Å². The van der Waals surface area contributed by atoms with Crippen LogP contribution in [0, 0.1) is 0 Å². The van der Waals surface area contributed by atoms with Crippen molar-refractivity contribution < 1.29 is 14.3 Å². The molecule has 1 rings (SSSR count). The van der Waals surface area contributed by atoms with Gasteiger partial charge >= 0.3 is 5.97 Å².